The van der Waals surface area contributed by atoms with Crippen LogP contribution in [0.15, 0.2) is 97.2 Å². The van der Waals surface area contributed by atoms with Gasteiger partial charge in [-0.1, -0.05) is 298 Å². The summed E-state index contributed by atoms with van der Waals surface area (Å²) in [4.78, 5) is 38.4. The topological polar surface area (TPSA) is 78.9 Å². The molecule has 1 unspecified atom stereocenters. The first-order valence-electron chi connectivity index (χ1n) is 34.7. The van der Waals surface area contributed by atoms with E-state index in [0.717, 1.165) is 103 Å². The quantitative estimate of drug-likeness (QED) is 0.0261. The van der Waals surface area contributed by atoms with E-state index in [1.54, 1.807) is 0 Å². The van der Waals surface area contributed by atoms with E-state index >= 15 is 0 Å². The number of ether oxygens (including phenoxy) is 3. The van der Waals surface area contributed by atoms with Gasteiger partial charge in [0.1, 0.15) is 13.2 Å². The normalized spacial score (nSPS) is 12.7. The molecule has 0 aliphatic carbocycles. The van der Waals surface area contributed by atoms with Gasteiger partial charge in [-0.05, 0) is 122 Å². The molecule has 0 saturated carbocycles. The second-order valence-corrected chi connectivity index (χ2v) is 23.1. The molecule has 466 valence electrons. The highest BCUT2D eigenvalue weighted by Gasteiger charge is 2.19. The molecule has 1 atom stereocenters. The third-order valence-electron chi connectivity index (χ3n) is 15.0. The Balaban J connectivity index is 4.31. The predicted octanol–water partition coefficient (Wildman–Crippen LogP) is 24.0. The lowest BCUT2D eigenvalue weighted by Crippen LogP contribution is -2.30. The molecule has 0 saturated heterocycles. The van der Waals surface area contributed by atoms with Gasteiger partial charge in [-0.3, -0.25) is 14.4 Å². The first kappa shape index (κ1) is 77.3. The van der Waals surface area contributed by atoms with Gasteiger partial charge in [-0.2, -0.15) is 0 Å². The number of unbranched alkanes of at least 4 members (excludes halogenated alkanes) is 36. The average molecular weight is 1130 g/mol. The average Bonchev–Trinajstić information content (AvgIpc) is 3.46. The van der Waals surface area contributed by atoms with Gasteiger partial charge in [0.05, 0.1) is 0 Å². The van der Waals surface area contributed by atoms with E-state index in [2.05, 4.69) is 118 Å². The van der Waals surface area contributed by atoms with Crippen molar-refractivity contribution in [2.24, 2.45) is 0 Å². The summed E-state index contributed by atoms with van der Waals surface area (Å²) in [5.74, 6) is -0.910. The van der Waals surface area contributed by atoms with Crippen LogP contribution in [0.2, 0.25) is 0 Å². The minimum Gasteiger partial charge on any atom is -0.462 e. The molecule has 6 heteroatoms. The number of rotatable bonds is 63. The number of carbonyl (C=O) groups excluding carboxylic acids is 3. The van der Waals surface area contributed by atoms with Gasteiger partial charge in [0.15, 0.2) is 6.10 Å². The summed E-state index contributed by atoms with van der Waals surface area (Å²) in [5, 5.41) is 0. The second kappa shape index (κ2) is 68.8. The molecule has 0 aliphatic rings. The molecular weight excluding hydrogens is 997 g/mol. The molecule has 81 heavy (non-hydrogen) atoms. The Kier molecular flexibility index (Phi) is 65.7. The van der Waals surface area contributed by atoms with Crippen LogP contribution in [0.3, 0.4) is 0 Å². The van der Waals surface area contributed by atoms with Crippen molar-refractivity contribution in [2.75, 3.05) is 13.2 Å². The number of esters is 3. The van der Waals surface area contributed by atoms with Gasteiger partial charge < -0.3 is 14.2 Å². The monoisotopic (exact) mass is 1130 g/mol. The van der Waals surface area contributed by atoms with Crippen molar-refractivity contribution < 1.29 is 28.6 Å². The largest absolute Gasteiger partial charge is 0.462 e. The Hall–Kier alpha value is -3.67. The molecule has 0 amide bonds. The van der Waals surface area contributed by atoms with E-state index in [1.807, 2.05) is 0 Å². The van der Waals surface area contributed by atoms with E-state index in [0.29, 0.717) is 19.3 Å². The van der Waals surface area contributed by atoms with Crippen molar-refractivity contribution in [2.45, 2.75) is 348 Å². The van der Waals surface area contributed by atoms with Crippen molar-refractivity contribution in [3.05, 3.63) is 97.2 Å². The van der Waals surface area contributed by atoms with E-state index in [-0.39, 0.29) is 31.1 Å². The number of hydrogen-bond acceptors (Lipinski definition) is 6. The maximum atomic E-state index is 13.0. The van der Waals surface area contributed by atoms with E-state index in [1.165, 1.54) is 199 Å². The lowest BCUT2D eigenvalue weighted by Gasteiger charge is -2.18. The van der Waals surface area contributed by atoms with Gasteiger partial charge in [0.2, 0.25) is 0 Å². The Bertz CT molecular complexity index is 1580. The lowest BCUT2D eigenvalue weighted by atomic mass is 10.0. The van der Waals surface area contributed by atoms with Gasteiger partial charge in [-0.15, -0.1) is 0 Å². The minimum absolute atomic E-state index is 0.0882. The zero-order valence-corrected chi connectivity index (χ0v) is 53.5. The van der Waals surface area contributed by atoms with Gasteiger partial charge in [-0.25, -0.2) is 0 Å². The zero-order valence-electron chi connectivity index (χ0n) is 53.5. The Labute approximate surface area is 502 Å². The lowest BCUT2D eigenvalue weighted by molar-refractivity contribution is -0.167. The molecule has 0 spiro atoms. The molecule has 0 aromatic rings. The summed E-state index contributed by atoms with van der Waals surface area (Å²) in [6, 6.07) is 0. The first-order chi connectivity index (χ1) is 40.0. The van der Waals surface area contributed by atoms with Crippen molar-refractivity contribution in [3.8, 4) is 0 Å². The maximum absolute atomic E-state index is 13.0. The molecule has 0 rings (SSSR count). The Morgan fingerprint density at radius 1 is 0.259 bits per heavy atom. The minimum atomic E-state index is -0.794. The van der Waals surface area contributed by atoms with E-state index in [4.69, 9.17) is 14.2 Å². The van der Waals surface area contributed by atoms with Gasteiger partial charge >= 0.3 is 17.9 Å². The third kappa shape index (κ3) is 67.0. The standard InChI is InChI=1S/C75H130O6/c1-4-7-10-13-16-19-22-25-27-29-31-33-35-37-39-41-43-45-47-50-53-56-59-62-65-68-74(77)80-71-72(70-79-73(76)67-64-61-58-55-52-49-24-21-18-15-12-9-6-3)81-75(78)69-66-63-60-57-54-51-48-46-44-42-40-38-36-34-32-30-28-26-23-20-17-14-11-8-5-2/h9,12,18,21-23,25-26,29-32,35,37,49,52,72H,4-8,10-11,13-17,19-20,24,27-28,33-34,36,38-48,50-51,53-71H2,1-3H3/b12-9-,21-18-,25-22-,26-23-,31-29-,32-30-,37-35-,52-49-. The molecule has 0 heterocycles. The molecular formula is C75H130O6. The first-order valence-corrected chi connectivity index (χ1v) is 34.7. The van der Waals surface area contributed by atoms with Crippen LogP contribution >= 0.6 is 0 Å². The van der Waals surface area contributed by atoms with Crippen molar-refractivity contribution in [3.63, 3.8) is 0 Å². The summed E-state index contributed by atoms with van der Waals surface area (Å²) < 4.78 is 16.9. The van der Waals surface area contributed by atoms with Crippen LogP contribution < -0.4 is 0 Å². The number of allylic oxidation sites excluding steroid dienone is 16. The van der Waals surface area contributed by atoms with Crippen LogP contribution in [0.1, 0.15) is 342 Å². The summed E-state index contributed by atoms with van der Waals surface area (Å²) in [5.41, 5.74) is 0. The molecule has 0 aliphatic heterocycles. The maximum Gasteiger partial charge on any atom is 0.306 e. The summed E-state index contributed by atoms with van der Waals surface area (Å²) in [6.07, 6.45) is 92.9. The Morgan fingerprint density at radius 3 is 0.765 bits per heavy atom. The Morgan fingerprint density at radius 2 is 0.481 bits per heavy atom. The summed E-state index contributed by atoms with van der Waals surface area (Å²) in [6.45, 7) is 6.51. The highest BCUT2D eigenvalue weighted by Crippen LogP contribution is 2.17. The van der Waals surface area contributed by atoms with E-state index in [9.17, 15) is 14.4 Å². The van der Waals surface area contributed by atoms with Crippen molar-refractivity contribution >= 4 is 17.9 Å². The third-order valence-corrected chi connectivity index (χ3v) is 15.0. The number of hydrogen-bond donors (Lipinski definition) is 0. The molecule has 0 aromatic carbocycles. The van der Waals surface area contributed by atoms with Gasteiger partial charge in [0, 0.05) is 19.3 Å². The summed E-state index contributed by atoms with van der Waals surface area (Å²) in [7, 11) is 0. The van der Waals surface area contributed by atoms with Crippen LogP contribution in [0.4, 0.5) is 0 Å². The van der Waals surface area contributed by atoms with Gasteiger partial charge in [0.25, 0.3) is 0 Å². The number of carbonyl (C=O) groups is 3. The molecule has 0 N–H and O–H groups in total. The molecule has 0 aromatic heterocycles. The van der Waals surface area contributed by atoms with Crippen LogP contribution in [0.25, 0.3) is 0 Å². The highest BCUT2D eigenvalue weighted by atomic mass is 16.6. The smallest absolute Gasteiger partial charge is 0.306 e. The molecule has 0 fully saturated rings. The molecule has 0 radical (unpaired) electrons. The van der Waals surface area contributed by atoms with Crippen molar-refractivity contribution in [1.29, 1.82) is 0 Å². The molecule has 6 nitrogen and oxygen atoms in total. The summed E-state index contributed by atoms with van der Waals surface area (Å²) >= 11 is 0. The van der Waals surface area contributed by atoms with Crippen LogP contribution in [0, 0.1) is 0 Å². The fourth-order valence-electron chi connectivity index (χ4n) is 9.85. The fraction of sp³-hybridized carbons (Fsp3) is 0.747. The van der Waals surface area contributed by atoms with Crippen LogP contribution in [-0.2, 0) is 28.6 Å². The SMILES string of the molecule is CC/C=C\C/C=C\C/C=C\CCCCCC(=O)OCC(COC(=O)CCCCCCCCCCCC/C=C\C/C=C\C/C=C\CCCCCCC)OC(=O)CCCCCCCCCCCCCCC/C=C\C/C=C\CCCCCCC. The fourth-order valence-corrected chi connectivity index (χ4v) is 9.85. The van der Waals surface area contributed by atoms with Crippen molar-refractivity contribution in [1.82, 2.24) is 0 Å². The zero-order chi connectivity index (χ0) is 58.5. The van der Waals surface area contributed by atoms with Crippen LogP contribution in [-0.4, -0.2) is 37.2 Å². The van der Waals surface area contributed by atoms with Crippen LogP contribution in [0.5, 0.6) is 0 Å². The highest BCUT2D eigenvalue weighted by molar-refractivity contribution is 5.71. The van der Waals surface area contributed by atoms with E-state index < -0.39 is 6.10 Å². The molecule has 0 bridgehead atoms. The second-order valence-electron chi connectivity index (χ2n) is 23.1. The predicted molar refractivity (Wildman–Crippen MR) is 353 cm³/mol.